The SMILES string of the molecule is COc1ccc(CC(=O)Nc2ccc3nsnc3c2)cc1. The van der Waals surface area contributed by atoms with Gasteiger partial charge in [0.1, 0.15) is 16.8 Å². The second-order valence-corrected chi connectivity index (χ2v) is 5.07. The van der Waals surface area contributed by atoms with Crippen molar-refractivity contribution in [3.8, 4) is 5.75 Å². The Balaban J connectivity index is 1.67. The number of methoxy groups -OCH3 is 1. The van der Waals surface area contributed by atoms with Crippen molar-refractivity contribution >= 4 is 34.4 Å². The van der Waals surface area contributed by atoms with Crippen molar-refractivity contribution in [1.29, 1.82) is 0 Å². The minimum absolute atomic E-state index is 0.0669. The molecule has 3 aromatic rings. The van der Waals surface area contributed by atoms with E-state index in [1.807, 2.05) is 42.5 Å². The minimum Gasteiger partial charge on any atom is -0.497 e. The number of hydrogen-bond acceptors (Lipinski definition) is 5. The average Bonchev–Trinajstić information content (AvgIpc) is 2.95. The zero-order valence-corrected chi connectivity index (χ0v) is 12.2. The predicted molar refractivity (Wildman–Crippen MR) is 82.7 cm³/mol. The van der Waals surface area contributed by atoms with Crippen molar-refractivity contribution in [2.75, 3.05) is 12.4 Å². The van der Waals surface area contributed by atoms with E-state index in [4.69, 9.17) is 4.74 Å². The maximum atomic E-state index is 12.0. The predicted octanol–water partition coefficient (Wildman–Crippen LogP) is 2.88. The van der Waals surface area contributed by atoms with Gasteiger partial charge in [-0.25, -0.2) is 0 Å². The van der Waals surface area contributed by atoms with Gasteiger partial charge in [0.05, 0.1) is 25.3 Å². The molecule has 0 atom stereocenters. The lowest BCUT2D eigenvalue weighted by molar-refractivity contribution is -0.115. The highest BCUT2D eigenvalue weighted by molar-refractivity contribution is 7.00. The van der Waals surface area contributed by atoms with E-state index in [2.05, 4.69) is 14.1 Å². The van der Waals surface area contributed by atoms with Crippen molar-refractivity contribution < 1.29 is 9.53 Å². The van der Waals surface area contributed by atoms with Crippen molar-refractivity contribution in [3.63, 3.8) is 0 Å². The lowest BCUT2D eigenvalue weighted by Crippen LogP contribution is -2.14. The fraction of sp³-hybridized carbons (Fsp3) is 0.133. The Morgan fingerprint density at radius 3 is 2.67 bits per heavy atom. The van der Waals surface area contributed by atoms with Gasteiger partial charge < -0.3 is 10.1 Å². The average molecular weight is 299 g/mol. The Kier molecular flexibility index (Phi) is 3.79. The number of amides is 1. The molecule has 0 aliphatic rings. The first kappa shape index (κ1) is 13.5. The molecule has 6 heteroatoms. The summed E-state index contributed by atoms with van der Waals surface area (Å²) in [6.07, 6.45) is 0.317. The molecule has 0 aliphatic heterocycles. The van der Waals surface area contributed by atoms with E-state index in [-0.39, 0.29) is 5.91 Å². The molecule has 0 spiro atoms. The highest BCUT2D eigenvalue weighted by atomic mass is 32.1. The second-order valence-electron chi connectivity index (χ2n) is 4.54. The first-order valence-corrected chi connectivity index (χ1v) is 7.13. The summed E-state index contributed by atoms with van der Waals surface area (Å²) in [7, 11) is 1.62. The summed E-state index contributed by atoms with van der Waals surface area (Å²) < 4.78 is 13.4. The van der Waals surface area contributed by atoms with Crippen LogP contribution in [0.2, 0.25) is 0 Å². The highest BCUT2D eigenvalue weighted by Gasteiger charge is 2.06. The molecule has 5 nitrogen and oxygen atoms in total. The molecule has 0 bridgehead atoms. The molecule has 0 radical (unpaired) electrons. The van der Waals surface area contributed by atoms with Gasteiger partial charge in [-0.05, 0) is 35.9 Å². The molecular formula is C15H13N3O2S. The quantitative estimate of drug-likeness (QED) is 0.804. The summed E-state index contributed by atoms with van der Waals surface area (Å²) in [5.41, 5.74) is 3.30. The van der Waals surface area contributed by atoms with E-state index < -0.39 is 0 Å². The Labute approximate surface area is 125 Å². The van der Waals surface area contributed by atoms with Gasteiger partial charge in [-0.15, -0.1) is 0 Å². The van der Waals surface area contributed by atoms with Crippen LogP contribution in [0.4, 0.5) is 5.69 Å². The van der Waals surface area contributed by atoms with E-state index >= 15 is 0 Å². The van der Waals surface area contributed by atoms with Crippen LogP contribution in [-0.2, 0) is 11.2 Å². The van der Waals surface area contributed by atoms with Crippen LogP contribution < -0.4 is 10.1 Å². The molecule has 3 rings (SSSR count). The third-order valence-electron chi connectivity index (χ3n) is 3.06. The maximum absolute atomic E-state index is 12.0. The smallest absolute Gasteiger partial charge is 0.228 e. The number of anilines is 1. The Morgan fingerprint density at radius 1 is 1.14 bits per heavy atom. The molecule has 1 N–H and O–H groups in total. The number of aromatic nitrogens is 2. The van der Waals surface area contributed by atoms with Crippen LogP contribution in [0.25, 0.3) is 11.0 Å². The van der Waals surface area contributed by atoms with E-state index in [0.29, 0.717) is 6.42 Å². The molecule has 0 fully saturated rings. The van der Waals surface area contributed by atoms with E-state index in [0.717, 1.165) is 39.8 Å². The van der Waals surface area contributed by atoms with Crippen LogP contribution in [-0.4, -0.2) is 21.8 Å². The monoisotopic (exact) mass is 299 g/mol. The summed E-state index contributed by atoms with van der Waals surface area (Å²) in [6, 6.07) is 12.9. The summed E-state index contributed by atoms with van der Waals surface area (Å²) in [5.74, 6) is 0.711. The summed E-state index contributed by atoms with van der Waals surface area (Å²) in [6.45, 7) is 0. The number of rotatable bonds is 4. The molecule has 1 heterocycles. The molecule has 0 unspecified atom stereocenters. The molecule has 0 saturated heterocycles. The Bertz CT molecular complexity index is 768. The summed E-state index contributed by atoms with van der Waals surface area (Å²) >= 11 is 1.16. The number of ether oxygens (including phenoxy) is 1. The molecule has 2 aromatic carbocycles. The van der Waals surface area contributed by atoms with Gasteiger partial charge in [0.2, 0.25) is 5.91 Å². The molecule has 0 saturated carbocycles. The van der Waals surface area contributed by atoms with Crippen LogP contribution in [0.5, 0.6) is 5.75 Å². The summed E-state index contributed by atoms with van der Waals surface area (Å²) in [5, 5.41) is 2.87. The number of hydrogen-bond donors (Lipinski definition) is 1. The number of carbonyl (C=O) groups excluding carboxylic acids is 1. The molecular weight excluding hydrogens is 286 g/mol. The lowest BCUT2D eigenvalue weighted by Gasteiger charge is -2.06. The third kappa shape index (κ3) is 3.17. The molecule has 106 valence electrons. The Hall–Kier alpha value is -2.47. The van der Waals surface area contributed by atoms with E-state index in [1.54, 1.807) is 7.11 Å². The zero-order valence-electron chi connectivity index (χ0n) is 11.4. The van der Waals surface area contributed by atoms with E-state index in [9.17, 15) is 4.79 Å². The molecule has 1 amide bonds. The second kappa shape index (κ2) is 5.88. The van der Waals surface area contributed by atoms with Crippen molar-refractivity contribution in [2.24, 2.45) is 0 Å². The number of fused-ring (bicyclic) bond motifs is 1. The largest absolute Gasteiger partial charge is 0.497 e. The fourth-order valence-electron chi connectivity index (χ4n) is 1.99. The topological polar surface area (TPSA) is 64.1 Å². The van der Waals surface area contributed by atoms with Gasteiger partial charge in [0.25, 0.3) is 0 Å². The van der Waals surface area contributed by atoms with Crippen LogP contribution in [0, 0.1) is 0 Å². The normalized spacial score (nSPS) is 10.5. The van der Waals surface area contributed by atoms with Crippen molar-refractivity contribution in [3.05, 3.63) is 48.0 Å². The first-order valence-electron chi connectivity index (χ1n) is 6.40. The fourth-order valence-corrected chi connectivity index (χ4v) is 2.51. The van der Waals surface area contributed by atoms with Crippen LogP contribution in [0.15, 0.2) is 42.5 Å². The number of carbonyl (C=O) groups is 1. The van der Waals surface area contributed by atoms with Crippen LogP contribution in [0.1, 0.15) is 5.56 Å². The van der Waals surface area contributed by atoms with Gasteiger partial charge in [-0.2, -0.15) is 8.75 Å². The van der Waals surface area contributed by atoms with Crippen LogP contribution in [0.3, 0.4) is 0 Å². The maximum Gasteiger partial charge on any atom is 0.228 e. The number of nitrogens with one attached hydrogen (secondary N) is 1. The minimum atomic E-state index is -0.0669. The zero-order chi connectivity index (χ0) is 14.7. The van der Waals surface area contributed by atoms with Gasteiger partial charge in [-0.1, -0.05) is 12.1 Å². The van der Waals surface area contributed by atoms with Gasteiger partial charge >= 0.3 is 0 Å². The molecule has 1 aromatic heterocycles. The Morgan fingerprint density at radius 2 is 1.90 bits per heavy atom. The van der Waals surface area contributed by atoms with Crippen molar-refractivity contribution in [1.82, 2.24) is 8.75 Å². The molecule has 21 heavy (non-hydrogen) atoms. The van der Waals surface area contributed by atoms with Crippen molar-refractivity contribution in [2.45, 2.75) is 6.42 Å². The van der Waals surface area contributed by atoms with Gasteiger partial charge in [0.15, 0.2) is 0 Å². The highest BCUT2D eigenvalue weighted by Crippen LogP contribution is 2.17. The van der Waals surface area contributed by atoms with E-state index in [1.165, 1.54) is 0 Å². The third-order valence-corrected chi connectivity index (χ3v) is 3.62. The van der Waals surface area contributed by atoms with Crippen LogP contribution >= 0.6 is 11.7 Å². The number of nitrogens with zero attached hydrogens (tertiary/aromatic N) is 2. The summed E-state index contributed by atoms with van der Waals surface area (Å²) in [4.78, 5) is 12.0. The van der Waals surface area contributed by atoms with Gasteiger partial charge in [0, 0.05) is 5.69 Å². The van der Waals surface area contributed by atoms with Gasteiger partial charge in [-0.3, -0.25) is 4.79 Å². The lowest BCUT2D eigenvalue weighted by atomic mass is 10.1. The first-order chi connectivity index (χ1) is 10.2. The standard InChI is InChI=1S/C15H13N3O2S/c1-20-12-5-2-10(3-6-12)8-15(19)16-11-4-7-13-14(9-11)18-21-17-13/h2-7,9H,8H2,1H3,(H,16,19). The number of benzene rings is 2. The molecule has 0 aliphatic carbocycles.